The van der Waals surface area contributed by atoms with E-state index in [0.29, 0.717) is 5.92 Å². The lowest BCUT2D eigenvalue weighted by Gasteiger charge is -2.35. The summed E-state index contributed by atoms with van der Waals surface area (Å²) in [4.78, 5) is 25.4. The van der Waals surface area contributed by atoms with Crippen LogP contribution in [-0.4, -0.2) is 43.1 Å². The summed E-state index contributed by atoms with van der Waals surface area (Å²) >= 11 is 0. The molecule has 1 atom stereocenters. The molecule has 0 aromatic carbocycles. The van der Waals surface area contributed by atoms with E-state index in [9.17, 15) is 9.59 Å². The number of hydrogen-bond acceptors (Lipinski definition) is 3. The minimum atomic E-state index is -0.505. The van der Waals surface area contributed by atoms with Crippen molar-refractivity contribution in [2.75, 3.05) is 20.2 Å². The number of carbonyl (C=O) groups excluding carboxylic acids is 2. The minimum absolute atomic E-state index is 0.0672. The highest BCUT2D eigenvalue weighted by Crippen LogP contribution is 2.31. The Balaban J connectivity index is 1.97. The molecule has 0 radical (unpaired) electrons. The van der Waals surface area contributed by atoms with Gasteiger partial charge in [-0.3, -0.25) is 4.79 Å². The Labute approximate surface area is 101 Å². The average molecular weight is 240 g/mol. The second-order valence-electron chi connectivity index (χ2n) is 4.84. The van der Waals surface area contributed by atoms with Gasteiger partial charge in [0.25, 0.3) is 0 Å². The van der Waals surface area contributed by atoms with Crippen LogP contribution in [0.5, 0.6) is 0 Å². The van der Waals surface area contributed by atoms with Gasteiger partial charge in [0, 0.05) is 13.1 Å². The minimum Gasteiger partial charge on any atom is -0.453 e. The number of amides is 2. The van der Waals surface area contributed by atoms with Crippen LogP contribution in [0.2, 0.25) is 0 Å². The third-order valence-corrected chi connectivity index (χ3v) is 3.76. The van der Waals surface area contributed by atoms with E-state index >= 15 is 0 Å². The Hall–Kier alpha value is -1.26. The van der Waals surface area contributed by atoms with E-state index in [1.165, 1.54) is 7.11 Å². The van der Waals surface area contributed by atoms with Gasteiger partial charge >= 0.3 is 6.09 Å². The molecule has 1 heterocycles. The van der Waals surface area contributed by atoms with Gasteiger partial charge in [-0.1, -0.05) is 6.42 Å². The third kappa shape index (κ3) is 2.70. The molecule has 2 fully saturated rings. The normalized spacial score (nSPS) is 21.8. The zero-order valence-corrected chi connectivity index (χ0v) is 10.3. The lowest BCUT2D eigenvalue weighted by molar-refractivity contribution is -0.134. The maximum atomic E-state index is 12.3. The summed E-state index contributed by atoms with van der Waals surface area (Å²) < 4.78 is 4.59. The molecule has 0 aromatic heterocycles. The van der Waals surface area contributed by atoms with Gasteiger partial charge in [0.2, 0.25) is 5.91 Å². The highest BCUT2D eigenvalue weighted by Gasteiger charge is 2.37. The van der Waals surface area contributed by atoms with E-state index in [1.807, 2.05) is 4.90 Å². The Bertz CT molecular complexity index is 296. The number of methoxy groups -OCH3 is 1. The predicted octanol–water partition coefficient (Wildman–Crippen LogP) is 1.13. The van der Waals surface area contributed by atoms with Gasteiger partial charge in [0.15, 0.2) is 0 Å². The molecule has 0 unspecified atom stereocenters. The highest BCUT2D eigenvalue weighted by atomic mass is 16.5. The van der Waals surface area contributed by atoms with Gasteiger partial charge in [0.1, 0.15) is 6.04 Å². The number of likely N-dealkylation sites (tertiary alicyclic amines) is 1. The summed E-state index contributed by atoms with van der Waals surface area (Å²) in [6.07, 6.45) is 4.83. The van der Waals surface area contributed by atoms with Crippen molar-refractivity contribution in [1.29, 1.82) is 0 Å². The molecule has 0 aromatic rings. The van der Waals surface area contributed by atoms with Crippen LogP contribution in [0, 0.1) is 5.92 Å². The molecule has 0 bridgehead atoms. The van der Waals surface area contributed by atoms with E-state index in [1.54, 1.807) is 0 Å². The SMILES string of the molecule is COC(=O)N[C@H](C(=O)N1CCCC1)C1CCC1. The van der Waals surface area contributed by atoms with Crippen molar-refractivity contribution in [2.45, 2.75) is 38.1 Å². The molecular formula is C12H20N2O3. The van der Waals surface area contributed by atoms with Crippen LogP contribution in [0.25, 0.3) is 0 Å². The standard InChI is InChI=1S/C12H20N2O3/c1-17-12(16)13-10(9-5-4-6-9)11(15)14-7-2-3-8-14/h9-10H,2-8H2,1H3,(H,13,16)/t10-/m0/s1. The number of hydrogen-bond donors (Lipinski definition) is 1. The maximum absolute atomic E-state index is 12.3. The van der Waals surface area contributed by atoms with Crippen LogP contribution < -0.4 is 5.32 Å². The molecule has 2 amide bonds. The Kier molecular flexibility index (Phi) is 3.86. The van der Waals surface area contributed by atoms with Gasteiger partial charge in [-0.05, 0) is 31.6 Å². The van der Waals surface area contributed by atoms with Crippen molar-refractivity contribution in [3.8, 4) is 0 Å². The smallest absolute Gasteiger partial charge is 0.407 e. The zero-order chi connectivity index (χ0) is 12.3. The molecule has 5 nitrogen and oxygen atoms in total. The van der Waals surface area contributed by atoms with Gasteiger partial charge in [-0.15, -0.1) is 0 Å². The molecular weight excluding hydrogens is 220 g/mol. The van der Waals surface area contributed by atoms with Crippen molar-refractivity contribution in [2.24, 2.45) is 5.92 Å². The predicted molar refractivity (Wildman–Crippen MR) is 62.5 cm³/mol. The highest BCUT2D eigenvalue weighted by molar-refractivity contribution is 5.86. The summed E-state index contributed by atoms with van der Waals surface area (Å²) in [7, 11) is 1.33. The van der Waals surface area contributed by atoms with Crippen LogP contribution in [0.4, 0.5) is 4.79 Å². The summed E-state index contributed by atoms with van der Waals surface area (Å²) in [5.41, 5.74) is 0. The molecule has 1 saturated carbocycles. The van der Waals surface area contributed by atoms with Crippen molar-refractivity contribution in [3.63, 3.8) is 0 Å². The molecule has 0 spiro atoms. The van der Waals surface area contributed by atoms with Crippen molar-refractivity contribution in [3.05, 3.63) is 0 Å². The van der Waals surface area contributed by atoms with Gasteiger partial charge in [-0.2, -0.15) is 0 Å². The van der Waals surface area contributed by atoms with Crippen LogP contribution in [0.3, 0.4) is 0 Å². The zero-order valence-electron chi connectivity index (χ0n) is 10.3. The Morgan fingerprint density at radius 1 is 1.24 bits per heavy atom. The topological polar surface area (TPSA) is 58.6 Å². The molecule has 1 saturated heterocycles. The summed E-state index contributed by atoms with van der Waals surface area (Å²) in [5.74, 6) is 0.361. The first-order chi connectivity index (χ1) is 8.22. The molecule has 96 valence electrons. The van der Waals surface area contributed by atoms with Crippen molar-refractivity contribution >= 4 is 12.0 Å². The lowest BCUT2D eigenvalue weighted by atomic mass is 9.79. The first kappa shape index (κ1) is 12.2. The number of rotatable bonds is 3. The Morgan fingerprint density at radius 3 is 2.35 bits per heavy atom. The maximum Gasteiger partial charge on any atom is 0.407 e. The fourth-order valence-electron chi connectivity index (χ4n) is 2.47. The van der Waals surface area contributed by atoms with Gasteiger partial charge < -0.3 is 15.0 Å². The fraction of sp³-hybridized carbons (Fsp3) is 0.833. The van der Waals surface area contributed by atoms with Crippen LogP contribution in [0.1, 0.15) is 32.1 Å². The van der Waals surface area contributed by atoms with E-state index in [2.05, 4.69) is 10.1 Å². The number of alkyl carbamates (subject to hydrolysis) is 1. The molecule has 2 aliphatic rings. The van der Waals surface area contributed by atoms with E-state index < -0.39 is 6.09 Å². The first-order valence-electron chi connectivity index (χ1n) is 6.35. The molecule has 1 N–H and O–H groups in total. The van der Waals surface area contributed by atoms with Crippen LogP contribution in [0.15, 0.2) is 0 Å². The van der Waals surface area contributed by atoms with Gasteiger partial charge in [0.05, 0.1) is 7.11 Å². The second-order valence-corrected chi connectivity index (χ2v) is 4.84. The first-order valence-corrected chi connectivity index (χ1v) is 6.35. The van der Waals surface area contributed by atoms with Crippen LogP contribution >= 0.6 is 0 Å². The molecule has 2 rings (SSSR count). The number of carbonyl (C=O) groups is 2. The Morgan fingerprint density at radius 2 is 1.88 bits per heavy atom. The van der Waals surface area contributed by atoms with E-state index in [-0.39, 0.29) is 11.9 Å². The van der Waals surface area contributed by atoms with E-state index in [4.69, 9.17) is 0 Å². The van der Waals surface area contributed by atoms with E-state index in [0.717, 1.165) is 45.2 Å². The molecule has 5 heteroatoms. The third-order valence-electron chi connectivity index (χ3n) is 3.76. The summed E-state index contributed by atoms with van der Waals surface area (Å²) in [6.45, 7) is 1.65. The van der Waals surface area contributed by atoms with Gasteiger partial charge in [-0.25, -0.2) is 4.79 Å². The van der Waals surface area contributed by atoms with Crippen LogP contribution in [-0.2, 0) is 9.53 Å². The van der Waals surface area contributed by atoms with Crippen molar-refractivity contribution < 1.29 is 14.3 Å². The monoisotopic (exact) mass is 240 g/mol. The number of ether oxygens (including phenoxy) is 1. The lowest BCUT2D eigenvalue weighted by Crippen LogP contribution is -2.53. The largest absolute Gasteiger partial charge is 0.453 e. The quantitative estimate of drug-likeness (QED) is 0.804. The second kappa shape index (κ2) is 5.38. The molecule has 1 aliphatic heterocycles. The fourth-order valence-corrected chi connectivity index (χ4v) is 2.47. The molecule has 1 aliphatic carbocycles. The average Bonchev–Trinajstić information content (AvgIpc) is 2.77. The molecule has 17 heavy (non-hydrogen) atoms. The summed E-state index contributed by atoms with van der Waals surface area (Å²) in [6, 6.07) is -0.380. The van der Waals surface area contributed by atoms with Crippen molar-refractivity contribution in [1.82, 2.24) is 10.2 Å². The number of nitrogens with zero attached hydrogens (tertiary/aromatic N) is 1. The number of nitrogens with one attached hydrogen (secondary N) is 1. The summed E-state index contributed by atoms with van der Waals surface area (Å²) in [5, 5.41) is 2.69.